The van der Waals surface area contributed by atoms with E-state index < -0.39 is 13.4 Å². The Morgan fingerprint density at radius 2 is 0.727 bits per heavy atom. The molecule has 0 heterocycles. The highest BCUT2D eigenvalue weighted by Gasteiger charge is 2.44. The van der Waals surface area contributed by atoms with E-state index in [1.807, 2.05) is 18.2 Å². The average Bonchev–Trinajstić information content (AvgIpc) is 3.12. The largest absolute Gasteiger partial charge is 0.301 e. The summed E-state index contributed by atoms with van der Waals surface area (Å²) >= 11 is 0. The van der Waals surface area contributed by atoms with E-state index in [-0.39, 0.29) is 0 Å². The standard InChI is InChI=1S/C22H24P.C20H16B/c1-2-3-19-23(20-13-7-4-8-14-20,21-15-9-5-10-16-21)22-17-11-6-12-18-22;1-2-21(18-12-6-3-7-13-18,19-14-8-4-9-15-19)20-16-10-5-11-17-20/h4-18H,2-3,19H2,1H3;1,3-17H/q+1;-1. The molecule has 2 heteroatoms. The van der Waals surface area contributed by atoms with Crippen molar-refractivity contribution in [3.63, 3.8) is 0 Å². The summed E-state index contributed by atoms with van der Waals surface area (Å²) in [6, 6.07) is 64.5. The van der Waals surface area contributed by atoms with Crippen LogP contribution < -0.4 is 32.3 Å². The van der Waals surface area contributed by atoms with Crippen LogP contribution in [-0.2, 0) is 0 Å². The maximum absolute atomic E-state index is 6.08. The predicted molar refractivity (Wildman–Crippen MR) is 198 cm³/mol. The molecule has 0 N–H and O–H groups in total. The van der Waals surface area contributed by atoms with Crippen molar-refractivity contribution >= 4 is 45.7 Å². The van der Waals surface area contributed by atoms with E-state index >= 15 is 0 Å². The third kappa shape index (κ3) is 6.48. The molecule has 216 valence electrons. The van der Waals surface area contributed by atoms with Crippen molar-refractivity contribution in [3.05, 3.63) is 182 Å². The third-order valence-corrected chi connectivity index (χ3v) is 13.1. The number of benzene rings is 6. The van der Waals surface area contributed by atoms with Crippen molar-refractivity contribution in [2.24, 2.45) is 0 Å². The van der Waals surface area contributed by atoms with Crippen molar-refractivity contribution in [3.8, 4) is 12.2 Å². The summed E-state index contributed by atoms with van der Waals surface area (Å²) in [7, 11) is -1.57. The van der Waals surface area contributed by atoms with Gasteiger partial charge < -0.3 is 5.82 Å². The Labute approximate surface area is 265 Å². The number of terminal acetylenes is 1. The zero-order valence-corrected chi connectivity index (χ0v) is 26.4. The molecule has 0 saturated heterocycles. The number of unbranched alkanes of at least 4 members (excludes halogenated alkanes) is 1. The van der Waals surface area contributed by atoms with Gasteiger partial charge >= 0.3 is 0 Å². The fraction of sp³-hybridized carbons (Fsp3) is 0.0952. The van der Waals surface area contributed by atoms with Crippen LogP contribution >= 0.6 is 7.26 Å². The van der Waals surface area contributed by atoms with Crippen LogP contribution in [0.4, 0.5) is 0 Å². The van der Waals surface area contributed by atoms with Crippen LogP contribution in [0.1, 0.15) is 19.8 Å². The molecular formula is C42H40BP. The van der Waals surface area contributed by atoms with Crippen molar-refractivity contribution in [1.82, 2.24) is 0 Å². The highest BCUT2D eigenvalue weighted by molar-refractivity contribution is 7.95. The Kier molecular flexibility index (Phi) is 10.7. The summed E-state index contributed by atoms with van der Waals surface area (Å²) < 4.78 is 0. The SMILES string of the molecule is C#C[B-](c1ccccc1)(c1ccccc1)c1ccccc1.CCCC[P+](c1ccccc1)(c1ccccc1)c1ccccc1. The molecule has 0 spiro atoms. The first-order valence-electron chi connectivity index (χ1n) is 15.6. The van der Waals surface area contributed by atoms with Crippen molar-refractivity contribution in [2.75, 3.05) is 6.16 Å². The van der Waals surface area contributed by atoms with Crippen LogP contribution in [0.2, 0.25) is 0 Å². The summed E-state index contributed by atoms with van der Waals surface area (Å²) in [5.41, 5.74) is 3.53. The molecule has 6 rings (SSSR count). The molecule has 44 heavy (non-hydrogen) atoms. The maximum Gasteiger partial charge on any atom is 0.148 e. The molecule has 0 radical (unpaired) electrons. The van der Waals surface area contributed by atoms with Gasteiger partial charge in [0.25, 0.3) is 0 Å². The van der Waals surface area contributed by atoms with E-state index in [1.165, 1.54) is 51.3 Å². The van der Waals surface area contributed by atoms with E-state index in [2.05, 4.69) is 177 Å². The van der Waals surface area contributed by atoms with Gasteiger partial charge in [-0.1, -0.05) is 159 Å². The van der Waals surface area contributed by atoms with Gasteiger partial charge in [-0.05, 0) is 42.8 Å². The third-order valence-electron chi connectivity index (χ3n) is 8.59. The Bertz CT molecular complexity index is 1520. The van der Waals surface area contributed by atoms with Crippen LogP contribution in [-0.4, -0.2) is 12.3 Å². The molecular weight excluding hydrogens is 546 g/mol. The maximum atomic E-state index is 6.08. The first-order valence-corrected chi connectivity index (χ1v) is 17.6. The Balaban J connectivity index is 0.000000175. The van der Waals surface area contributed by atoms with E-state index in [1.54, 1.807) is 0 Å². The lowest BCUT2D eigenvalue weighted by atomic mass is 9.16. The second-order valence-electron chi connectivity index (χ2n) is 11.2. The van der Waals surface area contributed by atoms with E-state index in [9.17, 15) is 0 Å². The fourth-order valence-corrected chi connectivity index (χ4v) is 10.9. The highest BCUT2D eigenvalue weighted by Crippen LogP contribution is 2.55. The van der Waals surface area contributed by atoms with Crippen molar-refractivity contribution in [1.29, 1.82) is 0 Å². The van der Waals surface area contributed by atoms with Crippen LogP contribution in [0.5, 0.6) is 0 Å². The smallest absolute Gasteiger partial charge is 0.148 e. The lowest BCUT2D eigenvalue weighted by Gasteiger charge is -2.38. The molecule has 0 nitrogen and oxygen atoms in total. The van der Waals surface area contributed by atoms with Crippen LogP contribution in [0, 0.1) is 12.2 Å². The lowest BCUT2D eigenvalue weighted by molar-refractivity contribution is 0.891. The average molecular weight is 587 g/mol. The topological polar surface area (TPSA) is 0 Å². The van der Waals surface area contributed by atoms with Crippen LogP contribution in [0.25, 0.3) is 0 Å². The Hall–Kier alpha value is -4.63. The van der Waals surface area contributed by atoms with Gasteiger partial charge in [0.05, 0.1) is 6.16 Å². The lowest BCUT2D eigenvalue weighted by Crippen LogP contribution is -2.66. The van der Waals surface area contributed by atoms with Gasteiger partial charge in [-0.2, -0.15) is 22.8 Å². The fourth-order valence-electron chi connectivity index (χ4n) is 6.37. The van der Waals surface area contributed by atoms with Crippen LogP contribution in [0.15, 0.2) is 182 Å². The van der Waals surface area contributed by atoms with Gasteiger partial charge in [0, 0.05) is 0 Å². The summed E-state index contributed by atoms with van der Waals surface area (Å²) in [5.74, 6) is 3.13. The summed E-state index contributed by atoms with van der Waals surface area (Å²) in [5, 5.41) is 4.47. The summed E-state index contributed by atoms with van der Waals surface area (Å²) in [4.78, 5) is 0. The molecule has 0 fully saturated rings. The Morgan fingerprint density at radius 3 is 0.977 bits per heavy atom. The van der Waals surface area contributed by atoms with Gasteiger partial charge in [-0.3, -0.25) is 0 Å². The normalized spacial score (nSPS) is 11.1. The van der Waals surface area contributed by atoms with Crippen LogP contribution in [0.3, 0.4) is 0 Å². The molecule has 0 atom stereocenters. The second kappa shape index (κ2) is 15.2. The first kappa shape index (κ1) is 30.8. The quantitative estimate of drug-likeness (QED) is 0.0963. The van der Waals surface area contributed by atoms with Gasteiger partial charge in [-0.25, -0.2) is 0 Å². The summed E-state index contributed by atoms with van der Waals surface area (Å²) in [6.07, 6.45) is 8.44. The summed E-state index contributed by atoms with van der Waals surface area (Å²) in [6.45, 7) is 2.29. The van der Waals surface area contributed by atoms with E-state index in [0.29, 0.717) is 0 Å². The van der Waals surface area contributed by atoms with Gasteiger partial charge in [0.15, 0.2) is 0 Å². The van der Waals surface area contributed by atoms with Gasteiger partial charge in [0.1, 0.15) is 29.3 Å². The number of rotatable bonds is 9. The monoisotopic (exact) mass is 586 g/mol. The van der Waals surface area contributed by atoms with E-state index in [0.717, 1.165) is 0 Å². The molecule has 6 aromatic rings. The van der Waals surface area contributed by atoms with Crippen molar-refractivity contribution in [2.45, 2.75) is 19.8 Å². The Morgan fingerprint density at radius 1 is 0.455 bits per heavy atom. The number of hydrogen-bond acceptors (Lipinski definition) is 0. The molecule has 0 aliphatic rings. The minimum atomic E-state index is -1.57. The molecule has 0 aliphatic heterocycles. The molecule has 0 saturated carbocycles. The molecule has 0 unspecified atom stereocenters. The molecule has 0 aromatic heterocycles. The minimum absolute atomic E-state index is 1.18. The molecule has 0 bridgehead atoms. The number of hydrogen-bond donors (Lipinski definition) is 0. The van der Waals surface area contributed by atoms with E-state index in [4.69, 9.17) is 6.42 Å². The zero-order chi connectivity index (χ0) is 30.5. The highest BCUT2D eigenvalue weighted by atomic mass is 31.2. The van der Waals surface area contributed by atoms with Gasteiger partial charge in [-0.15, -0.1) is 0 Å². The molecule has 6 aromatic carbocycles. The predicted octanol–water partition coefficient (Wildman–Crippen LogP) is 7.11. The molecule has 0 aliphatic carbocycles. The molecule has 0 amide bonds. The zero-order valence-electron chi connectivity index (χ0n) is 25.5. The first-order chi connectivity index (χ1) is 21.8. The second-order valence-corrected chi connectivity index (χ2v) is 14.8. The minimum Gasteiger partial charge on any atom is -0.301 e. The van der Waals surface area contributed by atoms with Gasteiger partial charge in [0.2, 0.25) is 0 Å². The van der Waals surface area contributed by atoms with Crippen molar-refractivity contribution < 1.29 is 0 Å².